The molecule has 0 spiro atoms. The normalized spacial score (nSPS) is 26.8. The highest BCUT2D eigenvalue weighted by Crippen LogP contribution is 2.22. The molecule has 0 aromatic carbocycles. The fourth-order valence-corrected chi connectivity index (χ4v) is 2.40. The Balaban J connectivity index is 2.34. The topological polar surface area (TPSA) is 35.5 Å². The SMILES string of the molecule is CCCC1CCN(CC(C)(CO)NC)C1. The van der Waals surface area contributed by atoms with Gasteiger partial charge in [-0.05, 0) is 39.3 Å². The number of likely N-dealkylation sites (N-methyl/N-ethyl adjacent to an activating group) is 1. The number of likely N-dealkylation sites (tertiary alicyclic amines) is 1. The van der Waals surface area contributed by atoms with Crippen molar-refractivity contribution in [3.8, 4) is 0 Å². The smallest absolute Gasteiger partial charge is 0.0623 e. The lowest BCUT2D eigenvalue weighted by Gasteiger charge is -2.31. The number of aliphatic hydroxyl groups is 1. The summed E-state index contributed by atoms with van der Waals surface area (Å²) in [6.07, 6.45) is 3.98. The highest BCUT2D eigenvalue weighted by atomic mass is 16.3. The van der Waals surface area contributed by atoms with E-state index in [9.17, 15) is 5.11 Å². The van der Waals surface area contributed by atoms with Crippen molar-refractivity contribution in [2.75, 3.05) is 33.3 Å². The van der Waals surface area contributed by atoms with Gasteiger partial charge in [0.05, 0.1) is 12.1 Å². The van der Waals surface area contributed by atoms with Crippen LogP contribution in [0.15, 0.2) is 0 Å². The largest absolute Gasteiger partial charge is 0.394 e. The van der Waals surface area contributed by atoms with Gasteiger partial charge in [-0.15, -0.1) is 0 Å². The molecule has 90 valence electrons. The minimum atomic E-state index is -0.138. The van der Waals surface area contributed by atoms with Gasteiger partial charge in [-0.2, -0.15) is 0 Å². The summed E-state index contributed by atoms with van der Waals surface area (Å²) in [7, 11) is 1.93. The third kappa shape index (κ3) is 3.74. The fraction of sp³-hybridized carbons (Fsp3) is 1.00. The van der Waals surface area contributed by atoms with Gasteiger partial charge in [0.2, 0.25) is 0 Å². The number of hydrogen-bond donors (Lipinski definition) is 2. The summed E-state index contributed by atoms with van der Waals surface area (Å²) in [5, 5.41) is 12.5. The van der Waals surface area contributed by atoms with Gasteiger partial charge in [-0.25, -0.2) is 0 Å². The minimum Gasteiger partial charge on any atom is -0.394 e. The monoisotopic (exact) mass is 214 g/mol. The molecule has 1 aliphatic rings. The molecule has 1 saturated heterocycles. The Morgan fingerprint density at radius 3 is 2.80 bits per heavy atom. The number of hydrogen-bond acceptors (Lipinski definition) is 3. The number of nitrogens with zero attached hydrogens (tertiary/aromatic N) is 1. The predicted octanol–water partition coefficient (Wildman–Crippen LogP) is 1.08. The average Bonchev–Trinajstić information content (AvgIpc) is 2.66. The van der Waals surface area contributed by atoms with Crippen LogP contribution in [0.5, 0.6) is 0 Å². The lowest BCUT2D eigenvalue weighted by Crippen LogP contribution is -2.52. The van der Waals surface area contributed by atoms with Crippen molar-refractivity contribution < 1.29 is 5.11 Å². The van der Waals surface area contributed by atoms with Crippen LogP contribution in [0.3, 0.4) is 0 Å². The van der Waals surface area contributed by atoms with E-state index in [0.717, 1.165) is 12.5 Å². The quantitative estimate of drug-likeness (QED) is 0.694. The Morgan fingerprint density at radius 1 is 1.53 bits per heavy atom. The number of rotatable bonds is 6. The highest BCUT2D eigenvalue weighted by molar-refractivity contribution is 4.87. The van der Waals surface area contributed by atoms with Crippen molar-refractivity contribution in [1.29, 1.82) is 0 Å². The zero-order chi connectivity index (χ0) is 11.3. The number of aliphatic hydroxyl groups excluding tert-OH is 1. The van der Waals surface area contributed by atoms with Gasteiger partial charge in [0.25, 0.3) is 0 Å². The molecular formula is C12H26N2O. The van der Waals surface area contributed by atoms with Crippen molar-refractivity contribution in [1.82, 2.24) is 10.2 Å². The van der Waals surface area contributed by atoms with Crippen LogP contribution in [0.25, 0.3) is 0 Å². The van der Waals surface area contributed by atoms with Gasteiger partial charge in [0.1, 0.15) is 0 Å². The van der Waals surface area contributed by atoms with Crippen LogP contribution in [0, 0.1) is 5.92 Å². The Bertz CT molecular complexity index is 180. The van der Waals surface area contributed by atoms with Gasteiger partial charge >= 0.3 is 0 Å². The molecule has 1 aliphatic heterocycles. The van der Waals surface area contributed by atoms with Crippen molar-refractivity contribution >= 4 is 0 Å². The summed E-state index contributed by atoms with van der Waals surface area (Å²) in [6.45, 7) is 7.92. The van der Waals surface area contributed by atoms with Crippen molar-refractivity contribution in [2.45, 2.75) is 38.6 Å². The maximum atomic E-state index is 9.33. The van der Waals surface area contributed by atoms with E-state index in [1.165, 1.54) is 32.4 Å². The third-order valence-electron chi connectivity index (χ3n) is 3.59. The van der Waals surface area contributed by atoms with E-state index in [4.69, 9.17) is 0 Å². The molecule has 0 bridgehead atoms. The maximum Gasteiger partial charge on any atom is 0.0623 e. The fourth-order valence-electron chi connectivity index (χ4n) is 2.40. The maximum absolute atomic E-state index is 9.33. The lowest BCUT2D eigenvalue weighted by atomic mass is 10.0. The molecule has 0 amide bonds. The van der Waals surface area contributed by atoms with Crippen molar-refractivity contribution in [3.05, 3.63) is 0 Å². The Labute approximate surface area is 93.9 Å². The van der Waals surface area contributed by atoms with Crippen LogP contribution >= 0.6 is 0 Å². The van der Waals surface area contributed by atoms with Crippen LogP contribution in [0.1, 0.15) is 33.1 Å². The molecule has 3 heteroatoms. The van der Waals surface area contributed by atoms with Crippen LogP contribution < -0.4 is 5.32 Å². The third-order valence-corrected chi connectivity index (χ3v) is 3.59. The molecule has 1 heterocycles. The molecule has 0 saturated carbocycles. The summed E-state index contributed by atoms with van der Waals surface area (Å²) in [5.74, 6) is 0.884. The first-order chi connectivity index (χ1) is 7.13. The molecule has 3 nitrogen and oxygen atoms in total. The highest BCUT2D eigenvalue weighted by Gasteiger charge is 2.29. The zero-order valence-corrected chi connectivity index (χ0v) is 10.4. The van der Waals surface area contributed by atoms with Gasteiger partial charge in [0.15, 0.2) is 0 Å². The average molecular weight is 214 g/mol. The first-order valence-electron chi connectivity index (χ1n) is 6.15. The summed E-state index contributed by atoms with van der Waals surface area (Å²) in [5.41, 5.74) is -0.138. The van der Waals surface area contributed by atoms with E-state index < -0.39 is 0 Å². The molecule has 15 heavy (non-hydrogen) atoms. The van der Waals surface area contributed by atoms with E-state index in [0.29, 0.717) is 0 Å². The molecule has 0 aromatic rings. The second kappa shape index (κ2) is 5.83. The van der Waals surface area contributed by atoms with Crippen molar-refractivity contribution in [3.63, 3.8) is 0 Å². The molecular weight excluding hydrogens is 188 g/mol. The van der Waals surface area contributed by atoms with E-state index in [1.54, 1.807) is 0 Å². The molecule has 0 radical (unpaired) electrons. The molecule has 0 aromatic heterocycles. The molecule has 2 N–H and O–H groups in total. The first kappa shape index (κ1) is 12.9. The Morgan fingerprint density at radius 2 is 2.27 bits per heavy atom. The van der Waals surface area contributed by atoms with Gasteiger partial charge in [0, 0.05) is 13.1 Å². The molecule has 1 rings (SSSR count). The van der Waals surface area contributed by atoms with Gasteiger partial charge in [-0.3, -0.25) is 0 Å². The van der Waals surface area contributed by atoms with E-state index in [1.807, 2.05) is 7.05 Å². The van der Waals surface area contributed by atoms with Crippen molar-refractivity contribution in [2.24, 2.45) is 5.92 Å². The standard InChI is InChI=1S/C12H26N2O/c1-4-5-11-6-7-14(8-11)9-12(2,10-15)13-3/h11,13,15H,4-10H2,1-3H3. The van der Waals surface area contributed by atoms with Crippen LogP contribution in [-0.2, 0) is 0 Å². The Kier molecular flexibility index (Phi) is 5.03. The Hall–Kier alpha value is -0.120. The summed E-state index contributed by atoms with van der Waals surface area (Å²) >= 11 is 0. The van der Waals surface area contributed by atoms with Gasteiger partial charge in [-0.1, -0.05) is 13.3 Å². The molecule has 1 fully saturated rings. The second-order valence-electron chi connectivity index (χ2n) is 5.15. The predicted molar refractivity (Wildman–Crippen MR) is 64.0 cm³/mol. The summed E-state index contributed by atoms with van der Waals surface area (Å²) < 4.78 is 0. The second-order valence-corrected chi connectivity index (χ2v) is 5.15. The first-order valence-corrected chi connectivity index (χ1v) is 6.15. The van der Waals surface area contributed by atoms with E-state index in [2.05, 4.69) is 24.1 Å². The van der Waals surface area contributed by atoms with Crippen LogP contribution in [0.2, 0.25) is 0 Å². The van der Waals surface area contributed by atoms with Crippen LogP contribution in [0.4, 0.5) is 0 Å². The molecule has 2 unspecified atom stereocenters. The van der Waals surface area contributed by atoms with Crippen LogP contribution in [-0.4, -0.2) is 48.8 Å². The number of nitrogens with one attached hydrogen (secondary N) is 1. The summed E-state index contributed by atoms with van der Waals surface area (Å²) in [6, 6.07) is 0. The van der Waals surface area contributed by atoms with Gasteiger partial charge < -0.3 is 15.3 Å². The minimum absolute atomic E-state index is 0.138. The van der Waals surface area contributed by atoms with E-state index in [-0.39, 0.29) is 12.1 Å². The summed E-state index contributed by atoms with van der Waals surface area (Å²) in [4.78, 5) is 2.48. The lowest BCUT2D eigenvalue weighted by molar-refractivity contribution is 0.136. The molecule has 2 atom stereocenters. The zero-order valence-electron chi connectivity index (χ0n) is 10.4. The van der Waals surface area contributed by atoms with E-state index >= 15 is 0 Å². The molecule has 0 aliphatic carbocycles.